The van der Waals surface area contributed by atoms with E-state index < -0.39 is 29.7 Å². The minimum atomic E-state index is -0.622. The molecule has 2 aliphatic heterocycles. The third kappa shape index (κ3) is 4.64. The fourth-order valence-corrected chi connectivity index (χ4v) is 3.70. The lowest BCUT2D eigenvalue weighted by Crippen LogP contribution is -2.52. The van der Waals surface area contributed by atoms with Crippen LogP contribution in [-0.4, -0.2) is 58.5 Å². The van der Waals surface area contributed by atoms with Crippen molar-refractivity contribution in [1.29, 1.82) is 0 Å². The van der Waals surface area contributed by atoms with Crippen LogP contribution in [0.25, 0.3) is 0 Å². The van der Waals surface area contributed by atoms with Crippen LogP contribution in [0.2, 0.25) is 0 Å². The Hall–Kier alpha value is -2.57. The van der Waals surface area contributed by atoms with E-state index in [9.17, 15) is 14.4 Å². The lowest BCUT2D eigenvalue weighted by atomic mass is 10.1. The molecule has 0 radical (unpaired) electrons. The number of para-hydroxylation sites is 1. The van der Waals surface area contributed by atoms with Crippen molar-refractivity contribution in [2.24, 2.45) is 0 Å². The van der Waals surface area contributed by atoms with E-state index >= 15 is 0 Å². The molecule has 7 heteroatoms. The first-order valence-corrected chi connectivity index (χ1v) is 9.83. The Morgan fingerprint density at radius 2 is 1.54 bits per heavy atom. The molecule has 7 nitrogen and oxygen atoms in total. The van der Waals surface area contributed by atoms with E-state index in [1.165, 1.54) is 4.90 Å². The van der Waals surface area contributed by atoms with Gasteiger partial charge in [0.25, 0.3) is 0 Å². The minimum Gasteiger partial charge on any atom is -0.444 e. The highest BCUT2D eigenvalue weighted by atomic mass is 16.6. The van der Waals surface area contributed by atoms with E-state index in [-0.39, 0.29) is 5.91 Å². The smallest absolute Gasteiger partial charge is 0.410 e. The van der Waals surface area contributed by atoms with Crippen molar-refractivity contribution in [2.45, 2.75) is 64.1 Å². The maximum atomic E-state index is 13.2. The van der Waals surface area contributed by atoms with Crippen LogP contribution in [0.1, 0.15) is 46.5 Å². The van der Waals surface area contributed by atoms with Gasteiger partial charge in [-0.05, 0) is 58.6 Å². The van der Waals surface area contributed by atoms with Crippen molar-refractivity contribution in [3.63, 3.8) is 0 Å². The number of amides is 2. The molecular formula is C21H28N2O5. The molecule has 1 aromatic carbocycles. The topological polar surface area (TPSA) is 76.2 Å². The number of nitrogens with zero attached hydrogens (tertiary/aromatic N) is 2. The largest absolute Gasteiger partial charge is 0.444 e. The van der Waals surface area contributed by atoms with Crippen molar-refractivity contribution in [1.82, 2.24) is 9.80 Å². The van der Waals surface area contributed by atoms with Crippen molar-refractivity contribution in [2.75, 3.05) is 13.1 Å². The van der Waals surface area contributed by atoms with Gasteiger partial charge in [0.2, 0.25) is 5.91 Å². The van der Waals surface area contributed by atoms with Crippen LogP contribution in [0.5, 0.6) is 5.75 Å². The number of ether oxygens (including phenoxy) is 2. The van der Waals surface area contributed by atoms with E-state index in [1.807, 2.05) is 6.07 Å². The molecule has 2 saturated heterocycles. The van der Waals surface area contributed by atoms with Gasteiger partial charge in [-0.2, -0.15) is 0 Å². The van der Waals surface area contributed by atoms with Gasteiger partial charge in [-0.15, -0.1) is 0 Å². The van der Waals surface area contributed by atoms with E-state index in [0.717, 1.165) is 12.8 Å². The molecule has 0 saturated carbocycles. The lowest BCUT2D eigenvalue weighted by molar-refractivity contribution is -0.148. The van der Waals surface area contributed by atoms with Gasteiger partial charge in [0, 0.05) is 13.1 Å². The average Bonchev–Trinajstić information content (AvgIpc) is 3.30. The second-order valence-electron chi connectivity index (χ2n) is 8.26. The number of hydrogen-bond acceptors (Lipinski definition) is 5. The first kappa shape index (κ1) is 20.2. The van der Waals surface area contributed by atoms with Crippen LogP contribution in [0.3, 0.4) is 0 Å². The quantitative estimate of drug-likeness (QED) is 0.588. The number of rotatable bonds is 3. The normalized spacial score (nSPS) is 22.2. The Balaban J connectivity index is 1.68. The van der Waals surface area contributed by atoms with Gasteiger partial charge in [0.1, 0.15) is 23.4 Å². The van der Waals surface area contributed by atoms with Gasteiger partial charge in [0.15, 0.2) is 0 Å². The van der Waals surface area contributed by atoms with Gasteiger partial charge in [0.05, 0.1) is 0 Å². The Morgan fingerprint density at radius 3 is 2.18 bits per heavy atom. The highest BCUT2D eigenvalue weighted by molar-refractivity contribution is 5.91. The molecule has 2 fully saturated rings. The van der Waals surface area contributed by atoms with Crippen LogP contribution < -0.4 is 4.74 Å². The van der Waals surface area contributed by atoms with Crippen molar-refractivity contribution in [3.8, 4) is 5.75 Å². The summed E-state index contributed by atoms with van der Waals surface area (Å²) in [5.41, 5.74) is -0.622. The summed E-state index contributed by atoms with van der Waals surface area (Å²) in [5, 5.41) is 0. The molecule has 2 heterocycles. The molecule has 0 unspecified atom stereocenters. The lowest BCUT2D eigenvalue weighted by Gasteiger charge is -2.31. The second-order valence-corrected chi connectivity index (χ2v) is 8.26. The molecule has 0 N–H and O–H groups in total. The number of likely N-dealkylation sites (tertiary alicyclic amines) is 2. The summed E-state index contributed by atoms with van der Waals surface area (Å²) in [6.07, 6.45) is 2.14. The fourth-order valence-electron chi connectivity index (χ4n) is 3.70. The van der Waals surface area contributed by atoms with Gasteiger partial charge >= 0.3 is 12.1 Å². The number of esters is 1. The molecule has 2 atom stereocenters. The van der Waals surface area contributed by atoms with Crippen LogP contribution in [0.15, 0.2) is 30.3 Å². The number of carbonyl (C=O) groups excluding carboxylic acids is 3. The summed E-state index contributed by atoms with van der Waals surface area (Å²) < 4.78 is 10.9. The highest BCUT2D eigenvalue weighted by Gasteiger charge is 2.43. The van der Waals surface area contributed by atoms with Crippen LogP contribution in [0.4, 0.5) is 4.79 Å². The molecule has 152 valence electrons. The molecule has 0 aromatic heterocycles. The molecule has 0 aliphatic carbocycles. The predicted octanol–water partition coefficient (Wildman–Crippen LogP) is 2.98. The third-order valence-corrected chi connectivity index (χ3v) is 4.94. The SMILES string of the molecule is CC(C)(C)OC(=O)N1CCC[C@@H]1C(=O)N1CCC[C@H]1C(=O)Oc1ccccc1. The van der Waals surface area contributed by atoms with Gasteiger partial charge < -0.3 is 14.4 Å². The molecule has 1 aromatic rings. The number of hydrogen-bond donors (Lipinski definition) is 0. The summed E-state index contributed by atoms with van der Waals surface area (Å²) in [5.74, 6) is -0.169. The van der Waals surface area contributed by atoms with Crippen LogP contribution >= 0.6 is 0 Å². The summed E-state index contributed by atoms with van der Waals surface area (Å²) in [6.45, 7) is 6.38. The number of carbonyl (C=O) groups is 3. The summed E-state index contributed by atoms with van der Waals surface area (Å²) in [4.78, 5) is 41.3. The first-order valence-electron chi connectivity index (χ1n) is 9.83. The Kier molecular flexibility index (Phi) is 5.91. The van der Waals surface area contributed by atoms with Crippen LogP contribution in [0, 0.1) is 0 Å². The van der Waals surface area contributed by atoms with Gasteiger partial charge in [-0.1, -0.05) is 18.2 Å². The first-order chi connectivity index (χ1) is 13.3. The Labute approximate surface area is 165 Å². The summed E-state index contributed by atoms with van der Waals surface area (Å²) >= 11 is 0. The molecule has 0 bridgehead atoms. The zero-order chi connectivity index (χ0) is 20.3. The van der Waals surface area contributed by atoms with Crippen molar-refractivity contribution < 1.29 is 23.9 Å². The number of benzene rings is 1. The Morgan fingerprint density at radius 1 is 0.929 bits per heavy atom. The zero-order valence-electron chi connectivity index (χ0n) is 16.7. The summed E-state index contributed by atoms with van der Waals surface area (Å²) in [7, 11) is 0. The molecule has 2 amide bonds. The molecular weight excluding hydrogens is 360 g/mol. The van der Waals surface area contributed by atoms with Gasteiger partial charge in [-0.3, -0.25) is 9.69 Å². The standard InChI is InChI=1S/C21H28N2O5/c1-21(2,3)28-20(26)23-14-7-11-16(23)18(24)22-13-8-12-17(22)19(25)27-15-9-5-4-6-10-15/h4-6,9-10,16-17H,7-8,11-14H2,1-3H3/t16-,17+/m1/s1. The maximum Gasteiger partial charge on any atom is 0.410 e. The predicted molar refractivity (Wildman–Crippen MR) is 103 cm³/mol. The molecule has 3 rings (SSSR count). The van der Waals surface area contributed by atoms with E-state index in [4.69, 9.17) is 9.47 Å². The maximum absolute atomic E-state index is 13.2. The van der Waals surface area contributed by atoms with Crippen molar-refractivity contribution in [3.05, 3.63) is 30.3 Å². The average molecular weight is 388 g/mol. The zero-order valence-corrected chi connectivity index (χ0v) is 16.7. The molecule has 2 aliphatic rings. The fraction of sp³-hybridized carbons (Fsp3) is 0.571. The van der Waals surface area contributed by atoms with Gasteiger partial charge in [-0.25, -0.2) is 9.59 Å². The van der Waals surface area contributed by atoms with Crippen LogP contribution in [-0.2, 0) is 14.3 Å². The van der Waals surface area contributed by atoms with E-state index in [2.05, 4.69) is 0 Å². The molecule has 28 heavy (non-hydrogen) atoms. The molecule has 0 spiro atoms. The van der Waals surface area contributed by atoms with E-state index in [1.54, 1.807) is 49.9 Å². The minimum absolute atomic E-state index is 0.198. The van der Waals surface area contributed by atoms with E-state index in [0.29, 0.717) is 31.7 Å². The third-order valence-electron chi connectivity index (χ3n) is 4.94. The summed E-state index contributed by atoms with van der Waals surface area (Å²) in [6, 6.07) is 7.64. The second kappa shape index (κ2) is 8.20. The van der Waals surface area contributed by atoms with Crippen molar-refractivity contribution >= 4 is 18.0 Å². The Bertz CT molecular complexity index is 728. The highest BCUT2D eigenvalue weighted by Crippen LogP contribution is 2.27. The monoisotopic (exact) mass is 388 g/mol.